The predicted molar refractivity (Wildman–Crippen MR) is 63.5 cm³/mol. The molecule has 84 valence electrons. The van der Waals surface area contributed by atoms with Gasteiger partial charge in [0, 0.05) is 11.7 Å². The van der Waals surface area contributed by atoms with E-state index in [4.69, 9.17) is 4.74 Å². The van der Waals surface area contributed by atoms with Crippen LogP contribution in [-0.4, -0.2) is 17.6 Å². The molecule has 1 aromatic heterocycles. The first kappa shape index (κ1) is 10.7. The minimum Gasteiger partial charge on any atom is -0.462 e. The normalized spacial score (nSPS) is 10.6. The summed E-state index contributed by atoms with van der Waals surface area (Å²) in [6.45, 7) is 2.57. The molecule has 0 fully saturated rings. The van der Waals surface area contributed by atoms with Gasteiger partial charge >= 0.3 is 5.97 Å². The lowest BCUT2D eigenvalue weighted by atomic mass is 10.2. The van der Waals surface area contributed by atoms with Crippen molar-refractivity contribution in [3.05, 3.63) is 36.0 Å². The third-order valence-electron chi connectivity index (χ3n) is 2.52. The molecule has 1 heterocycles. The largest absolute Gasteiger partial charge is 0.462 e. The average molecular weight is 217 g/mol. The van der Waals surface area contributed by atoms with Crippen LogP contribution in [0.1, 0.15) is 30.1 Å². The van der Waals surface area contributed by atoms with Gasteiger partial charge in [0.1, 0.15) is 0 Å². The van der Waals surface area contributed by atoms with Gasteiger partial charge in [0.15, 0.2) is 0 Å². The van der Waals surface area contributed by atoms with Crippen molar-refractivity contribution >= 4 is 16.9 Å². The Hall–Kier alpha value is -1.77. The van der Waals surface area contributed by atoms with Gasteiger partial charge in [-0.05, 0) is 30.0 Å². The van der Waals surface area contributed by atoms with E-state index >= 15 is 0 Å². The molecule has 0 radical (unpaired) electrons. The number of benzene rings is 1. The van der Waals surface area contributed by atoms with Crippen molar-refractivity contribution in [3.8, 4) is 0 Å². The molecule has 16 heavy (non-hydrogen) atoms. The first-order chi connectivity index (χ1) is 7.81. The molecule has 0 aliphatic rings. The number of nitrogens with one attached hydrogen (secondary N) is 1. The van der Waals surface area contributed by atoms with Gasteiger partial charge in [0.05, 0.1) is 12.2 Å². The van der Waals surface area contributed by atoms with Crippen LogP contribution in [-0.2, 0) is 4.74 Å². The van der Waals surface area contributed by atoms with Gasteiger partial charge in [-0.2, -0.15) is 0 Å². The lowest BCUT2D eigenvalue weighted by molar-refractivity contribution is 0.0500. The first-order valence-electron chi connectivity index (χ1n) is 5.55. The number of aromatic amines is 1. The van der Waals surface area contributed by atoms with Crippen molar-refractivity contribution in [3.63, 3.8) is 0 Å². The van der Waals surface area contributed by atoms with E-state index in [-0.39, 0.29) is 5.97 Å². The van der Waals surface area contributed by atoms with E-state index in [1.807, 2.05) is 24.4 Å². The fraction of sp³-hybridized carbons (Fsp3) is 0.308. The van der Waals surface area contributed by atoms with Crippen LogP contribution in [0.3, 0.4) is 0 Å². The Balaban J connectivity index is 2.10. The summed E-state index contributed by atoms with van der Waals surface area (Å²) >= 11 is 0. The second-order valence-corrected chi connectivity index (χ2v) is 3.77. The monoisotopic (exact) mass is 217 g/mol. The van der Waals surface area contributed by atoms with Gasteiger partial charge in [-0.1, -0.05) is 19.4 Å². The predicted octanol–water partition coefficient (Wildman–Crippen LogP) is 3.12. The maximum Gasteiger partial charge on any atom is 0.338 e. The van der Waals surface area contributed by atoms with Gasteiger partial charge in [-0.15, -0.1) is 0 Å². The maximum absolute atomic E-state index is 11.6. The quantitative estimate of drug-likeness (QED) is 0.631. The standard InChI is InChI=1S/C13H15NO2/c1-2-3-8-16-13(15)11-5-4-10-6-7-14-12(10)9-11/h4-7,9,14H,2-3,8H2,1H3. The summed E-state index contributed by atoms with van der Waals surface area (Å²) in [5, 5.41) is 1.10. The Kier molecular flexibility index (Phi) is 3.25. The molecule has 1 aromatic carbocycles. The molecule has 0 amide bonds. The van der Waals surface area contributed by atoms with Crippen molar-refractivity contribution in [2.24, 2.45) is 0 Å². The van der Waals surface area contributed by atoms with Crippen LogP contribution >= 0.6 is 0 Å². The summed E-state index contributed by atoms with van der Waals surface area (Å²) in [5.41, 5.74) is 1.57. The number of fused-ring (bicyclic) bond motifs is 1. The van der Waals surface area contributed by atoms with E-state index in [2.05, 4.69) is 11.9 Å². The average Bonchev–Trinajstić information content (AvgIpc) is 2.76. The molecule has 0 atom stereocenters. The van der Waals surface area contributed by atoms with Gasteiger partial charge in [-0.25, -0.2) is 4.79 Å². The van der Waals surface area contributed by atoms with Crippen LogP contribution in [0.15, 0.2) is 30.5 Å². The number of hydrogen-bond acceptors (Lipinski definition) is 2. The first-order valence-corrected chi connectivity index (χ1v) is 5.55. The van der Waals surface area contributed by atoms with Crippen LogP contribution in [0.4, 0.5) is 0 Å². The molecule has 0 spiro atoms. The van der Waals surface area contributed by atoms with Gasteiger partial charge in [-0.3, -0.25) is 0 Å². The highest BCUT2D eigenvalue weighted by Crippen LogP contribution is 2.14. The number of H-pyrrole nitrogens is 1. The summed E-state index contributed by atoms with van der Waals surface area (Å²) in [6, 6.07) is 7.51. The van der Waals surface area contributed by atoms with Crippen LogP contribution < -0.4 is 0 Å². The van der Waals surface area contributed by atoms with E-state index in [9.17, 15) is 4.79 Å². The molecule has 1 N–H and O–H groups in total. The van der Waals surface area contributed by atoms with Crippen molar-refractivity contribution < 1.29 is 9.53 Å². The summed E-state index contributed by atoms with van der Waals surface area (Å²) in [7, 11) is 0. The van der Waals surface area contributed by atoms with Crippen LogP contribution in [0, 0.1) is 0 Å². The molecule has 0 saturated heterocycles. The summed E-state index contributed by atoms with van der Waals surface area (Å²) in [6.07, 6.45) is 3.80. The number of esters is 1. The maximum atomic E-state index is 11.6. The van der Waals surface area contributed by atoms with E-state index in [1.165, 1.54) is 0 Å². The zero-order valence-corrected chi connectivity index (χ0v) is 9.32. The fourth-order valence-corrected chi connectivity index (χ4v) is 1.57. The second kappa shape index (κ2) is 4.84. The number of aromatic nitrogens is 1. The molecule has 0 aliphatic carbocycles. The molecule has 2 aromatic rings. The van der Waals surface area contributed by atoms with E-state index in [0.29, 0.717) is 12.2 Å². The van der Waals surface area contributed by atoms with E-state index in [1.54, 1.807) is 6.07 Å². The van der Waals surface area contributed by atoms with Crippen LogP contribution in [0.2, 0.25) is 0 Å². The zero-order chi connectivity index (χ0) is 11.4. The minimum atomic E-state index is -0.245. The zero-order valence-electron chi connectivity index (χ0n) is 9.32. The second-order valence-electron chi connectivity index (χ2n) is 3.77. The SMILES string of the molecule is CCCCOC(=O)c1ccc2cc[nH]c2c1. The molecular weight excluding hydrogens is 202 g/mol. The highest BCUT2D eigenvalue weighted by atomic mass is 16.5. The van der Waals surface area contributed by atoms with Crippen LogP contribution in [0.5, 0.6) is 0 Å². The van der Waals surface area contributed by atoms with Crippen molar-refractivity contribution in [2.45, 2.75) is 19.8 Å². The van der Waals surface area contributed by atoms with Crippen molar-refractivity contribution in [2.75, 3.05) is 6.61 Å². The number of carbonyl (C=O) groups is 1. The molecule has 0 unspecified atom stereocenters. The fourth-order valence-electron chi connectivity index (χ4n) is 1.57. The Bertz CT molecular complexity index is 487. The number of carbonyl (C=O) groups excluding carboxylic acids is 1. The van der Waals surface area contributed by atoms with Gasteiger partial charge in [0.2, 0.25) is 0 Å². The molecule has 0 saturated carbocycles. The Morgan fingerprint density at radius 2 is 2.25 bits per heavy atom. The number of ether oxygens (including phenoxy) is 1. The highest BCUT2D eigenvalue weighted by Gasteiger charge is 2.07. The third-order valence-corrected chi connectivity index (χ3v) is 2.52. The van der Waals surface area contributed by atoms with E-state index in [0.717, 1.165) is 23.7 Å². The van der Waals surface area contributed by atoms with Gasteiger partial charge in [0.25, 0.3) is 0 Å². The molecule has 0 bridgehead atoms. The molecule has 3 nitrogen and oxygen atoms in total. The lowest BCUT2D eigenvalue weighted by Gasteiger charge is -2.03. The van der Waals surface area contributed by atoms with Crippen molar-refractivity contribution in [1.82, 2.24) is 4.98 Å². The topological polar surface area (TPSA) is 42.1 Å². The lowest BCUT2D eigenvalue weighted by Crippen LogP contribution is -2.06. The number of hydrogen-bond donors (Lipinski definition) is 1. The smallest absolute Gasteiger partial charge is 0.338 e. The van der Waals surface area contributed by atoms with Gasteiger partial charge < -0.3 is 9.72 Å². The van der Waals surface area contributed by atoms with E-state index < -0.39 is 0 Å². The number of unbranched alkanes of at least 4 members (excludes halogenated alkanes) is 1. The molecule has 2 rings (SSSR count). The Labute approximate surface area is 94.4 Å². The number of rotatable bonds is 4. The molecule has 3 heteroatoms. The summed E-state index contributed by atoms with van der Waals surface area (Å²) in [4.78, 5) is 14.7. The molecular formula is C13H15NO2. The Morgan fingerprint density at radius 3 is 3.06 bits per heavy atom. The third kappa shape index (κ3) is 2.24. The highest BCUT2D eigenvalue weighted by molar-refractivity contribution is 5.94. The van der Waals surface area contributed by atoms with Crippen molar-refractivity contribution in [1.29, 1.82) is 0 Å². The summed E-state index contributed by atoms with van der Waals surface area (Å²) < 4.78 is 5.14. The minimum absolute atomic E-state index is 0.245. The Morgan fingerprint density at radius 1 is 1.38 bits per heavy atom. The summed E-state index contributed by atoms with van der Waals surface area (Å²) in [5.74, 6) is -0.245. The molecule has 0 aliphatic heterocycles. The van der Waals surface area contributed by atoms with Crippen LogP contribution in [0.25, 0.3) is 10.9 Å².